The first kappa shape index (κ1) is 10.1. The van der Waals surface area contributed by atoms with Gasteiger partial charge in [-0.1, -0.05) is 19.9 Å². The zero-order valence-electron chi connectivity index (χ0n) is 9.24. The van der Waals surface area contributed by atoms with Crippen molar-refractivity contribution in [2.45, 2.75) is 32.6 Å². The summed E-state index contributed by atoms with van der Waals surface area (Å²) in [6.07, 6.45) is 0.672. The minimum atomic E-state index is -0.765. The molecule has 1 aliphatic carbocycles. The molecule has 80 valence electrons. The van der Waals surface area contributed by atoms with Crippen LogP contribution in [0.15, 0.2) is 18.2 Å². The van der Waals surface area contributed by atoms with Gasteiger partial charge >= 0.3 is 5.97 Å². The quantitative estimate of drug-likeness (QED) is 0.804. The molecule has 0 amide bonds. The lowest BCUT2D eigenvalue weighted by molar-refractivity contribution is -0.141. The largest absolute Gasteiger partial charge is 0.481 e. The van der Waals surface area contributed by atoms with Gasteiger partial charge in [0.05, 0.1) is 5.69 Å². The van der Waals surface area contributed by atoms with Crippen molar-refractivity contribution in [3.8, 4) is 0 Å². The molecule has 1 aliphatic rings. The Bertz CT molecular complexity index is 425. The number of nitrogens with zero attached hydrogens (tertiary/aromatic N) is 1. The lowest BCUT2D eigenvalue weighted by atomic mass is 9.92. The monoisotopic (exact) mass is 205 g/mol. The lowest BCUT2D eigenvalue weighted by Crippen LogP contribution is -2.26. The van der Waals surface area contributed by atoms with E-state index < -0.39 is 11.4 Å². The highest BCUT2D eigenvalue weighted by atomic mass is 16.4. The molecule has 0 aromatic carbocycles. The summed E-state index contributed by atoms with van der Waals surface area (Å²) >= 11 is 0. The number of carboxylic acids is 1. The highest BCUT2D eigenvalue weighted by molar-refractivity contribution is 5.86. The Kier molecular flexibility index (Phi) is 1.90. The van der Waals surface area contributed by atoms with Crippen LogP contribution in [0.4, 0.5) is 0 Å². The second-order valence-electron chi connectivity index (χ2n) is 4.94. The van der Waals surface area contributed by atoms with Crippen LogP contribution >= 0.6 is 0 Å². The third kappa shape index (κ3) is 1.26. The van der Waals surface area contributed by atoms with Crippen LogP contribution in [0, 0.1) is 12.3 Å². The molecule has 0 bridgehead atoms. The minimum absolute atomic E-state index is 0.181. The van der Waals surface area contributed by atoms with Gasteiger partial charge in [0.15, 0.2) is 0 Å². The molecule has 0 saturated heterocycles. The van der Waals surface area contributed by atoms with Gasteiger partial charge in [0.2, 0.25) is 0 Å². The molecule has 3 nitrogen and oxygen atoms in total. The summed E-state index contributed by atoms with van der Waals surface area (Å²) in [7, 11) is 0. The third-order valence-electron chi connectivity index (χ3n) is 3.43. The predicted molar refractivity (Wildman–Crippen MR) is 56.7 cm³/mol. The Morgan fingerprint density at radius 3 is 2.47 bits per heavy atom. The van der Waals surface area contributed by atoms with E-state index in [1.807, 2.05) is 39.0 Å². The molecular formula is C12H15NO2. The fraction of sp³-hybridized carbons (Fsp3) is 0.500. The molecule has 15 heavy (non-hydrogen) atoms. The Balaban J connectivity index is 2.50. The van der Waals surface area contributed by atoms with Crippen molar-refractivity contribution < 1.29 is 9.90 Å². The maximum Gasteiger partial charge on any atom is 0.316 e. The van der Waals surface area contributed by atoms with Crippen molar-refractivity contribution >= 4 is 5.97 Å². The summed E-state index contributed by atoms with van der Waals surface area (Å²) in [5.41, 5.74) is 0.620. The van der Waals surface area contributed by atoms with E-state index in [9.17, 15) is 9.90 Å². The van der Waals surface area contributed by atoms with Gasteiger partial charge < -0.3 is 5.11 Å². The van der Waals surface area contributed by atoms with Crippen LogP contribution < -0.4 is 0 Å². The minimum Gasteiger partial charge on any atom is -0.481 e. The summed E-state index contributed by atoms with van der Waals surface area (Å²) in [4.78, 5) is 15.7. The average molecular weight is 205 g/mol. The van der Waals surface area contributed by atoms with Gasteiger partial charge in [0.25, 0.3) is 0 Å². The molecule has 0 spiro atoms. The van der Waals surface area contributed by atoms with Crippen LogP contribution in [0.25, 0.3) is 0 Å². The SMILES string of the molecule is Cc1cccc(C2(C(=O)O)CC2(C)C)n1. The van der Waals surface area contributed by atoms with Crippen molar-refractivity contribution in [1.29, 1.82) is 0 Å². The number of aliphatic carboxylic acids is 1. The zero-order valence-corrected chi connectivity index (χ0v) is 9.24. The topological polar surface area (TPSA) is 50.2 Å². The van der Waals surface area contributed by atoms with E-state index in [1.165, 1.54) is 0 Å². The van der Waals surface area contributed by atoms with E-state index in [0.29, 0.717) is 12.1 Å². The van der Waals surface area contributed by atoms with Crippen LogP contribution in [0.1, 0.15) is 31.7 Å². The molecular weight excluding hydrogens is 190 g/mol. The molecule has 0 radical (unpaired) electrons. The molecule has 2 rings (SSSR count). The number of pyridine rings is 1. The predicted octanol–water partition coefficient (Wildman–Crippen LogP) is 2.14. The molecule has 1 saturated carbocycles. The number of carbonyl (C=O) groups is 1. The molecule has 1 N–H and O–H groups in total. The van der Waals surface area contributed by atoms with Crippen molar-refractivity contribution in [2.24, 2.45) is 5.41 Å². The smallest absolute Gasteiger partial charge is 0.316 e. The van der Waals surface area contributed by atoms with Crippen LogP contribution in [-0.4, -0.2) is 16.1 Å². The summed E-state index contributed by atoms with van der Waals surface area (Å²) in [5, 5.41) is 9.34. The highest BCUT2D eigenvalue weighted by Gasteiger charge is 2.68. The van der Waals surface area contributed by atoms with E-state index in [0.717, 1.165) is 5.69 Å². The fourth-order valence-electron chi connectivity index (χ4n) is 2.31. The van der Waals surface area contributed by atoms with Crippen molar-refractivity contribution in [3.63, 3.8) is 0 Å². The van der Waals surface area contributed by atoms with Gasteiger partial charge in [0, 0.05) is 5.69 Å². The van der Waals surface area contributed by atoms with Crippen LogP contribution in [0.5, 0.6) is 0 Å². The first-order valence-corrected chi connectivity index (χ1v) is 5.08. The Morgan fingerprint density at radius 2 is 2.07 bits per heavy atom. The molecule has 3 heteroatoms. The van der Waals surface area contributed by atoms with Gasteiger partial charge in [-0.2, -0.15) is 0 Å². The third-order valence-corrected chi connectivity index (χ3v) is 3.43. The number of aryl methyl sites for hydroxylation is 1. The fourth-order valence-corrected chi connectivity index (χ4v) is 2.31. The van der Waals surface area contributed by atoms with Crippen LogP contribution in [0.3, 0.4) is 0 Å². The van der Waals surface area contributed by atoms with E-state index in [4.69, 9.17) is 0 Å². The second kappa shape index (κ2) is 2.81. The normalized spacial score (nSPS) is 27.4. The lowest BCUT2D eigenvalue weighted by Gasteiger charge is -2.15. The molecule has 1 fully saturated rings. The maximum atomic E-state index is 11.4. The first-order valence-electron chi connectivity index (χ1n) is 5.08. The number of carboxylic acid groups (broad SMARTS) is 1. The molecule has 1 heterocycles. The van der Waals surface area contributed by atoms with Crippen molar-refractivity contribution in [3.05, 3.63) is 29.6 Å². The maximum absolute atomic E-state index is 11.4. The van der Waals surface area contributed by atoms with Gasteiger partial charge in [-0.05, 0) is 30.9 Å². The summed E-state index contributed by atoms with van der Waals surface area (Å²) in [6.45, 7) is 5.84. The van der Waals surface area contributed by atoms with Crippen molar-refractivity contribution in [1.82, 2.24) is 4.98 Å². The van der Waals surface area contributed by atoms with Gasteiger partial charge in [-0.3, -0.25) is 9.78 Å². The Hall–Kier alpha value is -1.38. The molecule has 0 aliphatic heterocycles. The molecule has 1 aromatic heterocycles. The number of hydrogen-bond acceptors (Lipinski definition) is 2. The van der Waals surface area contributed by atoms with Crippen molar-refractivity contribution in [2.75, 3.05) is 0 Å². The zero-order chi connectivity index (χ0) is 11.3. The van der Waals surface area contributed by atoms with E-state index >= 15 is 0 Å². The van der Waals surface area contributed by atoms with E-state index in [-0.39, 0.29) is 5.41 Å². The van der Waals surface area contributed by atoms with Gasteiger partial charge in [0.1, 0.15) is 5.41 Å². The number of rotatable bonds is 2. The van der Waals surface area contributed by atoms with Crippen LogP contribution in [0.2, 0.25) is 0 Å². The average Bonchev–Trinajstić information content (AvgIpc) is 2.71. The molecule has 1 unspecified atom stereocenters. The first-order chi connectivity index (χ1) is 6.90. The second-order valence-corrected chi connectivity index (χ2v) is 4.94. The summed E-state index contributed by atoms with van der Waals surface area (Å²) < 4.78 is 0. The van der Waals surface area contributed by atoms with Gasteiger partial charge in [-0.15, -0.1) is 0 Å². The highest BCUT2D eigenvalue weighted by Crippen LogP contribution is 2.63. The molecule has 1 aromatic rings. The van der Waals surface area contributed by atoms with Crippen LogP contribution in [-0.2, 0) is 10.2 Å². The van der Waals surface area contributed by atoms with E-state index in [2.05, 4.69) is 4.98 Å². The number of aromatic nitrogens is 1. The Labute approximate surface area is 89.2 Å². The molecule has 1 atom stereocenters. The summed E-state index contributed by atoms with van der Waals surface area (Å²) in [6, 6.07) is 5.57. The van der Waals surface area contributed by atoms with Gasteiger partial charge in [-0.25, -0.2) is 0 Å². The van der Waals surface area contributed by atoms with E-state index in [1.54, 1.807) is 0 Å². The summed E-state index contributed by atoms with van der Waals surface area (Å²) in [5.74, 6) is -0.759. The standard InChI is InChI=1S/C12H15NO2/c1-8-5-4-6-9(13-8)12(10(14)15)7-11(12,2)3/h4-6H,7H2,1-3H3,(H,14,15). The Morgan fingerprint density at radius 1 is 1.47 bits per heavy atom. The number of hydrogen-bond donors (Lipinski definition) is 1.